The zero-order valence-electron chi connectivity index (χ0n) is 11.6. The van der Waals surface area contributed by atoms with Crippen molar-refractivity contribution in [2.75, 3.05) is 24.3 Å². The van der Waals surface area contributed by atoms with Crippen LogP contribution in [0.5, 0.6) is 5.75 Å². The fraction of sp³-hybridized carbons (Fsp3) is 0.188. The summed E-state index contributed by atoms with van der Waals surface area (Å²) in [5, 5.41) is 9.19. The minimum Gasteiger partial charge on any atom is -0.492 e. The van der Waals surface area contributed by atoms with E-state index in [1.807, 2.05) is 55.3 Å². The van der Waals surface area contributed by atoms with Gasteiger partial charge in [0.05, 0.1) is 29.2 Å². The highest BCUT2D eigenvalue weighted by Gasteiger charge is 2.13. The Morgan fingerprint density at radius 3 is 2.55 bits per heavy atom. The fourth-order valence-electron chi connectivity index (χ4n) is 2.10. The van der Waals surface area contributed by atoms with Crippen molar-refractivity contribution in [3.05, 3.63) is 48.0 Å². The van der Waals surface area contributed by atoms with Gasteiger partial charge in [-0.15, -0.1) is 0 Å². The molecule has 0 aliphatic carbocycles. The van der Waals surface area contributed by atoms with E-state index in [9.17, 15) is 5.26 Å². The number of rotatable bonds is 4. The Bertz CT molecular complexity index is 646. The first-order chi connectivity index (χ1) is 9.69. The summed E-state index contributed by atoms with van der Waals surface area (Å²) in [5.74, 6) is 0.659. The lowest BCUT2D eigenvalue weighted by Gasteiger charge is -2.23. The van der Waals surface area contributed by atoms with Crippen LogP contribution in [0.2, 0.25) is 0 Å². The van der Waals surface area contributed by atoms with Crippen LogP contribution in [0.4, 0.5) is 17.1 Å². The van der Waals surface area contributed by atoms with E-state index in [1.165, 1.54) is 0 Å². The molecule has 2 rings (SSSR count). The molecule has 0 fully saturated rings. The minimum absolute atomic E-state index is 0.562. The number of hydrogen-bond donors (Lipinski definition) is 1. The largest absolute Gasteiger partial charge is 0.492 e. The molecule has 0 bridgehead atoms. The Labute approximate surface area is 119 Å². The summed E-state index contributed by atoms with van der Waals surface area (Å²) in [6.45, 7) is 2.48. The van der Waals surface area contributed by atoms with Gasteiger partial charge in [-0.1, -0.05) is 18.2 Å². The highest BCUT2D eigenvalue weighted by Crippen LogP contribution is 2.36. The third-order valence-corrected chi connectivity index (χ3v) is 3.09. The van der Waals surface area contributed by atoms with E-state index >= 15 is 0 Å². The van der Waals surface area contributed by atoms with Gasteiger partial charge in [-0.3, -0.25) is 0 Å². The van der Waals surface area contributed by atoms with E-state index in [0.717, 1.165) is 11.4 Å². The van der Waals surface area contributed by atoms with Gasteiger partial charge in [0.15, 0.2) is 0 Å². The van der Waals surface area contributed by atoms with Crippen LogP contribution in [0.15, 0.2) is 42.5 Å². The van der Waals surface area contributed by atoms with Crippen LogP contribution in [-0.4, -0.2) is 13.7 Å². The van der Waals surface area contributed by atoms with E-state index in [0.29, 0.717) is 23.6 Å². The Morgan fingerprint density at radius 1 is 1.15 bits per heavy atom. The summed E-state index contributed by atoms with van der Waals surface area (Å²) in [5.41, 5.74) is 8.96. The Hall–Kier alpha value is -2.67. The van der Waals surface area contributed by atoms with Crippen LogP contribution in [-0.2, 0) is 0 Å². The molecule has 20 heavy (non-hydrogen) atoms. The molecular weight excluding hydrogens is 250 g/mol. The molecule has 0 saturated heterocycles. The highest BCUT2D eigenvalue weighted by atomic mass is 16.5. The molecule has 2 aromatic carbocycles. The number of nitriles is 1. The molecule has 0 atom stereocenters. The molecule has 0 heterocycles. The first kappa shape index (κ1) is 13.8. The number of nitrogens with zero attached hydrogens (tertiary/aromatic N) is 2. The molecule has 0 radical (unpaired) electrons. The zero-order valence-corrected chi connectivity index (χ0v) is 11.6. The average molecular weight is 267 g/mol. The number of para-hydroxylation sites is 2. The maximum absolute atomic E-state index is 9.19. The first-order valence-electron chi connectivity index (χ1n) is 6.43. The van der Waals surface area contributed by atoms with Gasteiger partial charge in [0.2, 0.25) is 0 Å². The van der Waals surface area contributed by atoms with Crippen LogP contribution < -0.4 is 15.4 Å². The van der Waals surface area contributed by atoms with Crippen molar-refractivity contribution >= 4 is 17.1 Å². The number of nitrogens with two attached hydrogens (primary N) is 1. The van der Waals surface area contributed by atoms with E-state index in [2.05, 4.69) is 6.07 Å². The average Bonchev–Trinajstić information content (AvgIpc) is 2.49. The Kier molecular flexibility index (Phi) is 4.11. The van der Waals surface area contributed by atoms with Gasteiger partial charge in [0, 0.05) is 7.05 Å². The SMILES string of the molecule is CCOc1cccc(N(C)c2ccccc2C#N)c1N. The summed E-state index contributed by atoms with van der Waals surface area (Å²) >= 11 is 0. The highest BCUT2D eigenvalue weighted by molar-refractivity contribution is 5.80. The third kappa shape index (κ3) is 2.52. The summed E-state index contributed by atoms with van der Waals surface area (Å²) in [6, 6.07) is 15.3. The molecule has 0 unspecified atom stereocenters. The van der Waals surface area contributed by atoms with Crippen LogP contribution in [0.25, 0.3) is 0 Å². The van der Waals surface area contributed by atoms with Crippen molar-refractivity contribution in [1.82, 2.24) is 0 Å². The number of anilines is 3. The molecule has 102 valence electrons. The van der Waals surface area contributed by atoms with E-state index < -0.39 is 0 Å². The first-order valence-corrected chi connectivity index (χ1v) is 6.43. The van der Waals surface area contributed by atoms with Crippen LogP contribution in [0.3, 0.4) is 0 Å². The topological polar surface area (TPSA) is 62.3 Å². The predicted molar refractivity (Wildman–Crippen MR) is 81.2 cm³/mol. The van der Waals surface area contributed by atoms with Gasteiger partial charge in [0.1, 0.15) is 11.8 Å². The number of benzene rings is 2. The fourth-order valence-corrected chi connectivity index (χ4v) is 2.10. The monoisotopic (exact) mass is 267 g/mol. The summed E-state index contributed by atoms with van der Waals surface area (Å²) < 4.78 is 5.50. The van der Waals surface area contributed by atoms with Crippen molar-refractivity contribution in [3.63, 3.8) is 0 Å². The summed E-state index contributed by atoms with van der Waals surface area (Å²) in [6.07, 6.45) is 0. The Balaban J connectivity index is 2.46. The molecule has 2 aromatic rings. The lowest BCUT2D eigenvalue weighted by Crippen LogP contribution is -2.13. The predicted octanol–water partition coefficient (Wildman–Crippen LogP) is 3.31. The summed E-state index contributed by atoms with van der Waals surface area (Å²) in [7, 11) is 1.89. The van der Waals surface area contributed by atoms with Crippen molar-refractivity contribution in [3.8, 4) is 11.8 Å². The van der Waals surface area contributed by atoms with E-state index in [-0.39, 0.29) is 0 Å². The lowest BCUT2D eigenvalue weighted by atomic mass is 10.1. The smallest absolute Gasteiger partial charge is 0.144 e. The van der Waals surface area contributed by atoms with Crippen LogP contribution >= 0.6 is 0 Å². The summed E-state index contributed by atoms with van der Waals surface area (Å²) in [4.78, 5) is 1.90. The Morgan fingerprint density at radius 2 is 1.85 bits per heavy atom. The van der Waals surface area contributed by atoms with Gasteiger partial charge >= 0.3 is 0 Å². The molecule has 4 heteroatoms. The van der Waals surface area contributed by atoms with Crippen molar-refractivity contribution in [2.24, 2.45) is 0 Å². The molecular formula is C16H17N3O. The van der Waals surface area contributed by atoms with E-state index in [4.69, 9.17) is 10.5 Å². The van der Waals surface area contributed by atoms with Gasteiger partial charge in [0.25, 0.3) is 0 Å². The second-order valence-electron chi connectivity index (χ2n) is 4.31. The molecule has 0 amide bonds. The standard InChI is InChI=1S/C16H17N3O/c1-3-20-15-10-6-9-14(16(15)18)19(2)13-8-5-4-7-12(13)11-17/h4-10H,3,18H2,1-2H3. The van der Waals surface area contributed by atoms with Crippen molar-refractivity contribution < 1.29 is 4.74 Å². The second kappa shape index (κ2) is 5.98. The quantitative estimate of drug-likeness (QED) is 0.863. The van der Waals surface area contributed by atoms with Crippen LogP contribution in [0.1, 0.15) is 12.5 Å². The molecule has 0 aromatic heterocycles. The molecule has 2 N–H and O–H groups in total. The van der Waals surface area contributed by atoms with Gasteiger partial charge in [-0.25, -0.2) is 0 Å². The molecule has 0 aliphatic heterocycles. The lowest BCUT2D eigenvalue weighted by molar-refractivity contribution is 0.342. The minimum atomic E-state index is 0.562. The second-order valence-corrected chi connectivity index (χ2v) is 4.31. The van der Waals surface area contributed by atoms with Gasteiger partial charge < -0.3 is 15.4 Å². The number of hydrogen-bond acceptors (Lipinski definition) is 4. The van der Waals surface area contributed by atoms with Crippen molar-refractivity contribution in [2.45, 2.75) is 6.92 Å². The maximum Gasteiger partial charge on any atom is 0.144 e. The van der Waals surface area contributed by atoms with Gasteiger partial charge in [-0.05, 0) is 31.2 Å². The number of nitrogen functional groups attached to an aromatic ring is 1. The van der Waals surface area contributed by atoms with Gasteiger partial charge in [-0.2, -0.15) is 5.26 Å². The third-order valence-electron chi connectivity index (χ3n) is 3.09. The molecule has 0 aliphatic rings. The van der Waals surface area contributed by atoms with Crippen LogP contribution in [0, 0.1) is 11.3 Å². The molecule has 0 spiro atoms. The zero-order chi connectivity index (χ0) is 14.5. The molecule has 4 nitrogen and oxygen atoms in total. The number of ether oxygens (including phenoxy) is 1. The van der Waals surface area contributed by atoms with Crippen molar-refractivity contribution in [1.29, 1.82) is 5.26 Å². The normalized spacial score (nSPS) is 9.85. The molecule has 0 saturated carbocycles. The maximum atomic E-state index is 9.19. The van der Waals surface area contributed by atoms with E-state index in [1.54, 1.807) is 6.07 Å².